The molecule has 0 saturated carbocycles. The van der Waals surface area contributed by atoms with Crippen LogP contribution in [0.2, 0.25) is 0 Å². The number of aliphatic hydroxyl groups is 1. The lowest BCUT2D eigenvalue weighted by molar-refractivity contribution is 0.153. The number of halogens is 2. The summed E-state index contributed by atoms with van der Waals surface area (Å²) in [6.45, 7) is 0. The van der Waals surface area contributed by atoms with Crippen LogP contribution >= 0.6 is 0 Å². The highest BCUT2D eigenvalue weighted by Gasteiger charge is 2.23. The Morgan fingerprint density at radius 3 is 2.94 bits per heavy atom. The molecule has 1 unspecified atom stereocenters. The Labute approximate surface area is 90.9 Å². The summed E-state index contributed by atoms with van der Waals surface area (Å²) in [7, 11) is 0. The second-order valence-corrected chi connectivity index (χ2v) is 4.24. The molecule has 2 nitrogen and oxygen atoms in total. The van der Waals surface area contributed by atoms with Crippen molar-refractivity contribution in [2.24, 2.45) is 0 Å². The third kappa shape index (κ3) is 1.26. The van der Waals surface area contributed by atoms with Gasteiger partial charge in [-0.15, -0.1) is 0 Å². The number of hydrogen-bond donors (Lipinski definition) is 2. The number of benzene rings is 1. The molecule has 0 spiro atoms. The van der Waals surface area contributed by atoms with Crippen molar-refractivity contribution < 1.29 is 13.9 Å². The molecule has 0 aliphatic heterocycles. The molecule has 1 heterocycles. The maximum absolute atomic E-state index is 13.5. The monoisotopic (exact) mass is 223 g/mol. The SMILES string of the molecule is OC1CCCc2c1[nH]c1c(F)cc(F)cc21. The molecule has 2 N–H and O–H groups in total. The number of rotatable bonds is 0. The summed E-state index contributed by atoms with van der Waals surface area (Å²) >= 11 is 0. The zero-order valence-corrected chi connectivity index (χ0v) is 8.56. The van der Waals surface area contributed by atoms with Crippen LogP contribution in [-0.4, -0.2) is 10.1 Å². The number of H-pyrrole nitrogens is 1. The van der Waals surface area contributed by atoms with Gasteiger partial charge >= 0.3 is 0 Å². The molecule has 0 bridgehead atoms. The van der Waals surface area contributed by atoms with Crippen molar-refractivity contribution in [3.8, 4) is 0 Å². The molecule has 1 aromatic heterocycles. The van der Waals surface area contributed by atoms with E-state index in [0.717, 1.165) is 24.5 Å². The third-order valence-corrected chi connectivity index (χ3v) is 3.20. The molecule has 2 aromatic rings. The Balaban J connectivity index is 2.36. The van der Waals surface area contributed by atoms with E-state index in [4.69, 9.17) is 0 Å². The van der Waals surface area contributed by atoms with Gasteiger partial charge in [-0.3, -0.25) is 0 Å². The normalized spacial score (nSPS) is 20.1. The second kappa shape index (κ2) is 3.28. The average molecular weight is 223 g/mol. The van der Waals surface area contributed by atoms with Crippen molar-refractivity contribution >= 4 is 10.9 Å². The molecule has 1 aliphatic rings. The Bertz CT molecular complexity index is 562. The van der Waals surface area contributed by atoms with E-state index in [9.17, 15) is 13.9 Å². The highest BCUT2D eigenvalue weighted by atomic mass is 19.1. The van der Waals surface area contributed by atoms with Crippen molar-refractivity contribution in [2.45, 2.75) is 25.4 Å². The summed E-state index contributed by atoms with van der Waals surface area (Å²) in [5, 5.41) is 10.3. The fourth-order valence-corrected chi connectivity index (χ4v) is 2.46. The zero-order chi connectivity index (χ0) is 11.3. The van der Waals surface area contributed by atoms with Crippen molar-refractivity contribution in [1.82, 2.24) is 4.98 Å². The molecular formula is C12H11F2NO. The molecule has 3 rings (SSSR count). The van der Waals surface area contributed by atoms with E-state index in [1.807, 2.05) is 0 Å². The maximum atomic E-state index is 13.5. The van der Waals surface area contributed by atoms with Gasteiger partial charge in [-0.2, -0.15) is 0 Å². The maximum Gasteiger partial charge on any atom is 0.150 e. The van der Waals surface area contributed by atoms with Gasteiger partial charge in [-0.1, -0.05) is 0 Å². The number of aryl methyl sites for hydroxylation is 1. The first-order chi connectivity index (χ1) is 7.66. The van der Waals surface area contributed by atoms with E-state index in [-0.39, 0.29) is 0 Å². The summed E-state index contributed by atoms with van der Waals surface area (Å²) in [5.74, 6) is -1.18. The van der Waals surface area contributed by atoms with Crippen LogP contribution in [-0.2, 0) is 6.42 Å². The fourth-order valence-electron chi connectivity index (χ4n) is 2.46. The third-order valence-electron chi connectivity index (χ3n) is 3.20. The standard InChI is InChI=1S/C12H11F2NO/c13-6-4-8-7-2-1-3-10(16)12(7)15-11(8)9(14)5-6/h4-5,10,15-16H,1-3H2. The minimum absolute atomic E-state index is 0.298. The largest absolute Gasteiger partial charge is 0.387 e. The van der Waals surface area contributed by atoms with Gasteiger partial charge < -0.3 is 10.1 Å². The van der Waals surface area contributed by atoms with Crippen LogP contribution in [0.5, 0.6) is 0 Å². The molecule has 4 heteroatoms. The summed E-state index contributed by atoms with van der Waals surface area (Å²) in [6, 6.07) is 2.18. The van der Waals surface area contributed by atoms with Gasteiger partial charge in [-0.05, 0) is 30.9 Å². The molecule has 0 amide bonds. The molecule has 84 valence electrons. The lowest BCUT2D eigenvalue weighted by Crippen LogP contribution is -2.07. The second-order valence-electron chi connectivity index (χ2n) is 4.24. The molecule has 1 aliphatic carbocycles. The molecule has 1 aromatic carbocycles. The molecule has 1 atom stereocenters. The Hall–Kier alpha value is -1.42. The number of aromatic nitrogens is 1. The first-order valence-corrected chi connectivity index (χ1v) is 5.34. The quantitative estimate of drug-likeness (QED) is 0.707. The van der Waals surface area contributed by atoms with E-state index >= 15 is 0 Å². The fraction of sp³-hybridized carbons (Fsp3) is 0.333. The summed E-state index contributed by atoms with van der Waals surface area (Å²) in [5.41, 5.74) is 1.80. The van der Waals surface area contributed by atoms with Crippen LogP contribution in [0.3, 0.4) is 0 Å². The predicted octanol–water partition coefficient (Wildman–Crippen LogP) is 2.82. The first-order valence-electron chi connectivity index (χ1n) is 5.34. The van der Waals surface area contributed by atoms with Crippen molar-refractivity contribution in [2.75, 3.05) is 0 Å². The lowest BCUT2D eigenvalue weighted by atomic mass is 9.93. The molecule has 0 radical (unpaired) electrons. The van der Waals surface area contributed by atoms with Crippen LogP contribution < -0.4 is 0 Å². The topological polar surface area (TPSA) is 36.0 Å². The van der Waals surface area contributed by atoms with Gasteiger partial charge in [-0.25, -0.2) is 8.78 Å². The van der Waals surface area contributed by atoms with Gasteiger partial charge in [0.05, 0.1) is 11.6 Å². The Morgan fingerprint density at radius 1 is 1.31 bits per heavy atom. The predicted molar refractivity (Wildman–Crippen MR) is 56.1 cm³/mol. The average Bonchev–Trinajstić information content (AvgIpc) is 2.59. The summed E-state index contributed by atoms with van der Waals surface area (Å²) in [6.07, 6.45) is 1.69. The Morgan fingerprint density at radius 2 is 2.12 bits per heavy atom. The number of aliphatic hydroxyl groups excluding tert-OH is 1. The van der Waals surface area contributed by atoms with E-state index in [0.29, 0.717) is 23.0 Å². The van der Waals surface area contributed by atoms with Gasteiger partial charge in [0, 0.05) is 17.1 Å². The number of hydrogen-bond acceptors (Lipinski definition) is 1. The van der Waals surface area contributed by atoms with Crippen LogP contribution in [0.4, 0.5) is 8.78 Å². The lowest BCUT2D eigenvalue weighted by Gasteiger charge is -2.17. The van der Waals surface area contributed by atoms with Crippen molar-refractivity contribution in [3.05, 3.63) is 35.0 Å². The number of nitrogens with one attached hydrogen (secondary N) is 1. The molecule has 0 fully saturated rings. The van der Waals surface area contributed by atoms with E-state index in [1.165, 1.54) is 6.07 Å². The van der Waals surface area contributed by atoms with Gasteiger partial charge in [0.25, 0.3) is 0 Å². The zero-order valence-electron chi connectivity index (χ0n) is 8.56. The van der Waals surface area contributed by atoms with Crippen LogP contribution in [0.1, 0.15) is 30.2 Å². The smallest absolute Gasteiger partial charge is 0.150 e. The minimum Gasteiger partial charge on any atom is -0.387 e. The van der Waals surface area contributed by atoms with E-state index in [2.05, 4.69) is 4.98 Å². The van der Waals surface area contributed by atoms with E-state index in [1.54, 1.807) is 0 Å². The van der Waals surface area contributed by atoms with Crippen molar-refractivity contribution in [1.29, 1.82) is 0 Å². The van der Waals surface area contributed by atoms with Gasteiger partial charge in [0.2, 0.25) is 0 Å². The minimum atomic E-state index is -0.600. The van der Waals surface area contributed by atoms with Gasteiger partial charge in [0.15, 0.2) is 0 Å². The molecular weight excluding hydrogens is 212 g/mol. The molecule has 0 saturated heterocycles. The highest BCUT2D eigenvalue weighted by Crippen LogP contribution is 2.35. The summed E-state index contributed by atoms with van der Waals surface area (Å²) in [4.78, 5) is 2.87. The van der Waals surface area contributed by atoms with Gasteiger partial charge in [0.1, 0.15) is 11.6 Å². The molecule has 16 heavy (non-hydrogen) atoms. The summed E-state index contributed by atoms with van der Waals surface area (Å²) < 4.78 is 26.6. The van der Waals surface area contributed by atoms with E-state index < -0.39 is 17.7 Å². The van der Waals surface area contributed by atoms with Crippen LogP contribution in [0.25, 0.3) is 10.9 Å². The first kappa shape index (κ1) is 9.78. The van der Waals surface area contributed by atoms with Crippen LogP contribution in [0, 0.1) is 11.6 Å². The highest BCUT2D eigenvalue weighted by molar-refractivity contribution is 5.85. The number of aromatic amines is 1. The number of fused-ring (bicyclic) bond motifs is 3. The van der Waals surface area contributed by atoms with Crippen LogP contribution in [0.15, 0.2) is 12.1 Å². The van der Waals surface area contributed by atoms with Crippen molar-refractivity contribution in [3.63, 3.8) is 0 Å². The Kier molecular flexibility index (Phi) is 2.01.